The number of hydrogen-bond donors (Lipinski definition) is 1. The van der Waals surface area contributed by atoms with Crippen LogP contribution in [-0.4, -0.2) is 5.78 Å². The molecule has 0 aromatic heterocycles. The van der Waals surface area contributed by atoms with Crippen molar-refractivity contribution < 1.29 is 4.79 Å². The largest absolute Gasteiger partial charge is 0.355 e. The highest BCUT2D eigenvalue weighted by Gasteiger charge is 2.21. The van der Waals surface area contributed by atoms with Crippen LogP contribution in [0.25, 0.3) is 22.3 Å². The monoisotopic (exact) mass is 403 g/mol. The Balaban J connectivity index is 1.58. The van der Waals surface area contributed by atoms with Gasteiger partial charge >= 0.3 is 0 Å². The first-order valence-electron chi connectivity index (χ1n) is 10.8. The van der Waals surface area contributed by atoms with Crippen LogP contribution in [0, 0.1) is 5.92 Å². The SMILES string of the molecule is CC(C)C(=O)c1ccc(Nc2cccc3c2Cc2ccccc2-3)c(-c2ccccc2)c1. The Hall–Kier alpha value is -3.65. The molecule has 31 heavy (non-hydrogen) atoms. The van der Waals surface area contributed by atoms with Gasteiger partial charge in [0.25, 0.3) is 0 Å². The summed E-state index contributed by atoms with van der Waals surface area (Å²) in [5, 5.41) is 3.69. The standard InChI is InChI=1S/C29H25NO/c1-19(2)29(31)22-15-16-28(25(18-22)20-9-4-3-5-10-20)30-27-14-8-13-24-23-12-7-6-11-21(23)17-26(24)27/h3-16,18-19,30H,17H2,1-2H3. The maximum Gasteiger partial charge on any atom is 0.165 e. The second-order valence-electron chi connectivity index (χ2n) is 8.44. The van der Waals surface area contributed by atoms with Crippen LogP contribution >= 0.6 is 0 Å². The van der Waals surface area contributed by atoms with Crippen LogP contribution in [0.15, 0.2) is 91.0 Å². The maximum absolute atomic E-state index is 12.7. The first-order valence-corrected chi connectivity index (χ1v) is 10.8. The summed E-state index contributed by atoms with van der Waals surface area (Å²) in [5.74, 6) is 0.137. The average Bonchev–Trinajstić information content (AvgIpc) is 3.19. The van der Waals surface area contributed by atoms with E-state index in [9.17, 15) is 4.79 Å². The number of fused-ring (bicyclic) bond motifs is 3. The molecular formula is C29H25NO. The van der Waals surface area contributed by atoms with Crippen molar-refractivity contribution in [1.82, 2.24) is 0 Å². The molecule has 0 fully saturated rings. The smallest absolute Gasteiger partial charge is 0.165 e. The van der Waals surface area contributed by atoms with Gasteiger partial charge in [-0.05, 0) is 52.1 Å². The summed E-state index contributed by atoms with van der Waals surface area (Å²) >= 11 is 0. The maximum atomic E-state index is 12.7. The molecule has 0 spiro atoms. The van der Waals surface area contributed by atoms with E-state index in [1.807, 2.05) is 50.2 Å². The minimum Gasteiger partial charge on any atom is -0.355 e. The molecule has 2 heteroatoms. The molecule has 4 aromatic carbocycles. The van der Waals surface area contributed by atoms with Crippen LogP contribution in [-0.2, 0) is 6.42 Å². The molecule has 0 unspecified atom stereocenters. The third kappa shape index (κ3) is 3.55. The molecule has 1 aliphatic carbocycles. The van der Waals surface area contributed by atoms with Gasteiger partial charge in [-0.25, -0.2) is 0 Å². The summed E-state index contributed by atoms with van der Waals surface area (Å²) in [6.45, 7) is 3.89. The van der Waals surface area contributed by atoms with Gasteiger partial charge in [-0.3, -0.25) is 4.79 Å². The fourth-order valence-corrected chi connectivity index (χ4v) is 4.42. The lowest BCUT2D eigenvalue weighted by Crippen LogP contribution is -2.08. The zero-order chi connectivity index (χ0) is 21.4. The minimum absolute atomic E-state index is 0.0293. The summed E-state index contributed by atoms with van der Waals surface area (Å²) < 4.78 is 0. The topological polar surface area (TPSA) is 29.1 Å². The van der Waals surface area contributed by atoms with Gasteiger partial charge in [-0.15, -0.1) is 0 Å². The predicted molar refractivity (Wildman–Crippen MR) is 129 cm³/mol. The van der Waals surface area contributed by atoms with Gasteiger partial charge < -0.3 is 5.32 Å². The highest BCUT2D eigenvalue weighted by atomic mass is 16.1. The number of anilines is 2. The number of carbonyl (C=O) groups is 1. The molecule has 1 N–H and O–H groups in total. The quantitative estimate of drug-likeness (QED) is 0.308. The van der Waals surface area contributed by atoms with Crippen LogP contribution in [0.5, 0.6) is 0 Å². The number of rotatable bonds is 5. The van der Waals surface area contributed by atoms with Gasteiger partial charge in [-0.1, -0.05) is 80.6 Å². The van der Waals surface area contributed by atoms with Crippen LogP contribution in [0.1, 0.15) is 35.3 Å². The number of nitrogens with one attached hydrogen (secondary N) is 1. The Morgan fingerprint density at radius 1 is 0.742 bits per heavy atom. The van der Waals surface area contributed by atoms with Crippen molar-refractivity contribution in [3.63, 3.8) is 0 Å². The highest BCUT2D eigenvalue weighted by Crippen LogP contribution is 2.42. The zero-order valence-corrected chi connectivity index (χ0v) is 17.9. The Kier molecular flexibility index (Phi) is 4.91. The molecule has 1 aliphatic rings. The van der Waals surface area contributed by atoms with E-state index < -0.39 is 0 Å². The van der Waals surface area contributed by atoms with Crippen LogP contribution in [0.4, 0.5) is 11.4 Å². The summed E-state index contributed by atoms with van der Waals surface area (Å²) in [6, 6.07) is 31.4. The fourth-order valence-electron chi connectivity index (χ4n) is 4.42. The molecule has 0 saturated carbocycles. The number of Topliss-reactive ketones (excluding diaryl/α,β-unsaturated/α-hetero) is 1. The first-order chi connectivity index (χ1) is 15.1. The number of benzene rings is 4. The lowest BCUT2D eigenvalue weighted by molar-refractivity contribution is 0.0939. The summed E-state index contributed by atoms with van der Waals surface area (Å²) in [5.41, 5.74) is 10.3. The van der Waals surface area contributed by atoms with E-state index in [-0.39, 0.29) is 11.7 Å². The van der Waals surface area contributed by atoms with Crippen LogP contribution in [0.2, 0.25) is 0 Å². The van der Waals surface area contributed by atoms with Gasteiger partial charge in [-0.2, -0.15) is 0 Å². The minimum atomic E-state index is -0.0293. The number of carbonyl (C=O) groups excluding carboxylic acids is 1. The van der Waals surface area contributed by atoms with Crippen molar-refractivity contribution in [1.29, 1.82) is 0 Å². The van der Waals surface area contributed by atoms with Gasteiger partial charge in [0.05, 0.1) is 0 Å². The van der Waals surface area contributed by atoms with Crippen molar-refractivity contribution in [3.05, 3.63) is 108 Å². The highest BCUT2D eigenvalue weighted by molar-refractivity contribution is 6.00. The third-order valence-corrected chi connectivity index (χ3v) is 6.03. The fraction of sp³-hybridized carbons (Fsp3) is 0.138. The molecule has 152 valence electrons. The predicted octanol–water partition coefficient (Wildman–Crippen LogP) is 7.51. The van der Waals surface area contributed by atoms with Crippen LogP contribution in [0.3, 0.4) is 0 Å². The van der Waals surface area contributed by atoms with Crippen molar-refractivity contribution >= 4 is 17.2 Å². The first kappa shape index (κ1) is 19.3. The van der Waals surface area contributed by atoms with E-state index in [2.05, 4.69) is 59.9 Å². The zero-order valence-electron chi connectivity index (χ0n) is 17.9. The van der Waals surface area contributed by atoms with Crippen molar-refractivity contribution in [2.75, 3.05) is 5.32 Å². The Morgan fingerprint density at radius 2 is 1.48 bits per heavy atom. The van der Waals surface area contributed by atoms with E-state index in [4.69, 9.17) is 0 Å². The van der Waals surface area contributed by atoms with Gasteiger partial charge in [0, 0.05) is 34.8 Å². The third-order valence-electron chi connectivity index (χ3n) is 6.03. The molecule has 0 aliphatic heterocycles. The lowest BCUT2D eigenvalue weighted by atomic mass is 9.95. The Labute approximate surface area is 183 Å². The Bertz CT molecular complexity index is 1270. The molecule has 0 radical (unpaired) electrons. The molecule has 4 aromatic rings. The van der Waals surface area contributed by atoms with Crippen molar-refractivity contribution in [3.8, 4) is 22.3 Å². The lowest BCUT2D eigenvalue weighted by Gasteiger charge is -2.17. The number of ketones is 1. The molecular weight excluding hydrogens is 378 g/mol. The molecule has 0 bridgehead atoms. The van der Waals surface area contributed by atoms with E-state index >= 15 is 0 Å². The summed E-state index contributed by atoms with van der Waals surface area (Å²) in [6.07, 6.45) is 0.930. The summed E-state index contributed by atoms with van der Waals surface area (Å²) in [7, 11) is 0. The molecule has 0 heterocycles. The Morgan fingerprint density at radius 3 is 2.29 bits per heavy atom. The van der Waals surface area contributed by atoms with E-state index in [1.165, 1.54) is 22.3 Å². The van der Waals surface area contributed by atoms with E-state index in [0.717, 1.165) is 34.5 Å². The average molecular weight is 404 g/mol. The van der Waals surface area contributed by atoms with Crippen molar-refractivity contribution in [2.45, 2.75) is 20.3 Å². The van der Waals surface area contributed by atoms with E-state index in [1.54, 1.807) is 0 Å². The molecule has 5 rings (SSSR count). The second-order valence-corrected chi connectivity index (χ2v) is 8.44. The van der Waals surface area contributed by atoms with Gasteiger partial charge in [0.1, 0.15) is 0 Å². The summed E-state index contributed by atoms with van der Waals surface area (Å²) in [4.78, 5) is 12.7. The number of hydrogen-bond acceptors (Lipinski definition) is 2. The van der Waals surface area contributed by atoms with Gasteiger partial charge in [0.2, 0.25) is 0 Å². The normalized spacial score (nSPS) is 11.8. The van der Waals surface area contributed by atoms with Crippen molar-refractivity contribution in [2.24, 2.45) is 5.92 Å². The molecule has 0 amide bonds. The molecule has 2 nitrogen and oxygen atoms in total. The second kappa shape index (κ2) is 7.88. The van der Waals surface area contributed by atoms with Gasteiger partial charge in [0.15, 0.2) is 5.78 Å². The molecule has 0 atom stereocenters. The van der Waals surface area contributed by atoms with E-state index in [0.29, 0.717) is 0 Å². The van der Waals surface area contributed by atoms with Crippen LogP contribution < -0.4 is 5.32 Å². The molecule has 0 saturated heterocycles.